The van der Waals surface area contributed by atoms with E-state index in [1.165, 1.54) is 55.0 Å². The highest BCUT2D eigenvalue weighted by molar-refractivity contribution is 9.10. The topological polar surface area (TPSA) is 19.4 Å². The lowest BCUT2D eigenvalue weighted by molar-refractivity contribution is 0.148. The maximum atomic E-state index is 4.82. The van der Waals surface area contributed by atoms with Crippen molar-refractivity contribution in [3.63, 3.8) is 0 Å². The predicted octanol–water partition coefficient (Wildman–Crippen LogP) is 4.51. The SMILES string of the molecule is Brc1ccc2nc(N3CCN(C4CCCCC4)CC3)sc2c1. The molecular weight excluding hydrogens is 358 g/mol. The lowest BCUT2D eigenvalue weighted by atomic mass is 9.94. The van der Waals surface area contributed by atoms with Crippen LogP contribution < -0.4 is 4.90 Å². The molecule has 1 aliphatic heterocycles. The fourth-order valence-electron chi connectivity index (χ4n) is 3.75. The van der Waals surface area contributed by atoms with Gasteiger partial charge in [-0.05, 0) is 31.0 Å². The van der Waals surface area contributed by atoms with Gasteiger partial charge in [-0.15, -0.1) is 0 Å². The van der Waals surface area contributed by atoms with Crippen molar-refractivity contribution in [2.45, 2.75) is 38.1 Å². The summed E-state index contributed by atoms with van der Waals surface area (Å²) >= 11 is 5.37. The average molecular weight is 380 g/mol. The van der Waals surface area contributed by atoms with Crippen molar-refractivity contribution in [1.29, 1.82) is 0 Å². The second-order valence-corrected chi connectivity index (χ2v) is 8.35. The van der Waals surface area contributed by atoms with E-state index >= 15 is 0 Å². The van der Waals surface area contributed by atoms with E-state index in [1.807, 2.05) is 11.3 Å². The van der Waals surface area contributed by atoms with E-state index in [9.17, 15) is 0 Å². The number of anilines is 1. The van der Waals surface area contributed by atoms with Gasteiger partial charge in [-0.2, -0.15) is 0 Å². The van der Waals surface area contributed by atoms with Gasteiger partial charge in [-0.25, -0.2) is 4.98 Å². The van der Waals surface area contributed by atoms with Gasteiger partial charge in [0.05, 0.1) is 10.2 Å². The van der Waals surface area contributed by atoms with E-state index in [0.29, 0.717) is 0 Å². The number of nitrogens with zero attached hydrogens (tertiary/aromatic N) is 3. The van der Waals surface area contributed by atoms with E-state index in [0.717, 1.165) is 29.1 Å². The summed E-state index contributed by atoms with van der Waals surface area (Å²) in [6.07, 6.45) is 7.12. The molecular formula is C17H22BrN3S. The van der Waals surface area contributed by atoms with Gasteiger partial charge in [0.25, 0.3) is 0 Å². The van der Waals surface area contributed by atoms with Crippen LogP contribution in [0, 0.1) is 0 Å². The number of fused-ring (bicyclic) bond motifs is 1. The molecule has 1 aromatic heterocycles. The fourth-order valence-corrected chi connectivity index (χ4v) is 5.32. The molecule has 1 aliphatic carbocycles. The minimum absolute atomic E-state index is 0.849. The number of hydrogen-bond acceptors (Lipinski definition) is 4. The van der Waals surface area contributed by atoms with E-state index < -0.39 is 0 Å². The molecule has 5 heteroatoms. The van der Waals surface area contributed by atoms with Crippen LogP contribution in [0.5, 0.6) is 0 Å². The number of halogens is 1. The molecule has 0 unspecified atom stereocenters. The summed E-state index contributed by atoms with van der Waals surface area (Å²) in [4.78, 5) is 10.0. The molecule has 118 valence electrons. The third-order valence-electron chi connectivity index (χ3n) is 5.02. The molecule has 1 saturated heterocycles. The number of aromatic nitrogens is 1. The van der Waals surface area contributed by atoms with Gasteiger partial charge in [0, 0.05) is 36.7 Å². The number of hydrogen-bond donors (Lipinski definition) is 0. The van der Waals surface area contributed by atoms with Crippen molar-refractivity contribution in [2.75, 3.05) is 31.1 Å². The highest BCUT2D eigenvalue weighted by Gasteiger charge is 2.26. The highest BCUT2D eigenvalue weighted by atomic mass is 79.9. The Morgan fingerprint density at radius 2 is 1.82 bits per heavy atom. The zero-order valence-electron chi connectivity index (χ0n) is 12.8. The number of piperazine rings is 1. The van der Waals surface area contributed by atoms with Gasteiger partial charge < -0.3 is 4.90 Å². The number of thiazole rings is 1. The van der Waals surface area contributed by atoms with Crippen molar-refractivity contribution in [1.82, 2.24) is 9.88 Å². The summed E-state index contributed by atoms with van der Waals surface area (Å²) in [6, 6.07) is 7.21. The van der Waals surface area contributed by atoms with Crippen LogP contribution in [0.1, 0.15) is 32.1 Å². The Morgan fingerprint density at radius 1 is 1.05 bits per heavy atom. The van der Waals surface area contributed by atoms with Crippen LogP contribution in [0.25, 0.3) is 10.2 Å². The molecule has 0 spiro atoms. The van der Waals surface area contributed by atoms with Gasteiger partial charge in [0.15, 0.2) is 5.13 Å². The first-order valence-corrected chi connectivity index (χ1v) is 9.96. The van der Waals surface area contributed by atoms with E-state index in [-0.39, 0.29) is 0 Å². The highest BCUT2D eigenvalue weighted by Crippen LogP contribution is 2.32. The summed E-state index contributed by atoms with van der Waals surface area (Å²) in [5.74, 6) is 0. The standard InChI is InChI=1S/C17H22BrN3S/c18-13-6-7-15-16(12-13)22-17(19-15)21-10-8-20(9-11-21)14-4-2-1-3-5-14/h6-7,12,14H,1-5,8-11H2. The Balaban J connectivity index is 1.43. The first kappa shape index (κ1) is 14.9. The Morgan fingerprint density at radius 3 is 2.59 bits per heavy atom. The lowest BCUT2D eigenvalue weighted by Crippen LogP contribution is -2.50. The van der Waals surface area contributed by atoms with Gasteiger partial charge in [0.2, 0.25) is 0 Å². The van der Waals surface area contributed by atoms with Crippen molar-refractivity contribution in [2.24, 2.45) is 0 Å². The zero-order valence-corrected chi connectivity index (χ0v) is 15.2. The van der Waals surface area contributed by atoms with Gasteiger partial charge in [-0.1, -0.05) is 46.5 Å². The molecule has 2 aromatic rings. The van der Waals surface area contributed by atoms with Crippen molar-refractivity contribution in [3.8, 4) is 0 Å². The van der Waals surface area contributed by atoms with Gasteiger partial charge in [0.1, 0.15) is 0 Å². The van der Waals surface area contributed by atoms with Crippen molar-refractivity contribution >= 4 is 42.6 Å². The van der Waals surface area contributed by atoms with Gasteiger partial charge in [-0.3, -0.25) is 4.90 Å². The van der Waals surface area contributed by atoms with Crippen LogP contribution in [0.15, 0.2) is 22.7 Å². The van der Waals surface area contributed by atoms with Crippen LogP contribution in [-0.2, 0) is 0 Å². The summed E-state index contributed by atoms with van der Waals surface area (Å²) in [6.45, 7) is 4.64. The van der Waals surface area contributed by atoms with E-state index in [2.05, 4.69) is 43.9 Å². The molecule has 1 aromatic carbocycles. The molecule has 2 fully saturated rings. The second kappa shape index (κ2) is 6.46. The smallest absolute Gasteiger partial charge is 0.186 e. The van der Waals surface area contributed by atoms with Crippen molar-refractivity contribution < 1.29 is 0 Å². The molecule has 3 nitrogen and oxygen atoms in total. The van der Waals surface area contributed by atoms with Crippen LogP contribution in [0.2, 0.25) is 0 Å². The average Bonchev–Trinajstić information content (AvgIpc) is 2.99. The first-order chi connectivity index (χ1) is 10.8. The minimum Gasteiger partial charge on any atom is -0.345 e. The van der Waals surface area contributed by atoms with Crippen LogP contribution in [-0.4, -0.2) is 42.1 Å². The summed E-state index contributed by atoms with van der Waals surface area (Å²) < 4.78 is 2.41. The molecule has 0 amide bonds. The molecule has 2 aliphatic rings. The summed E-state index contributed by atoms with van der Waals surface area (Å²) in [5, 5.41) is 1.19. The fraction of sp³-hybridized carbons (Fsp3) is 0.588. The maximum Gasteiger partial charge on any atom is 0.186 e. The normalized spacial score (nSPS) is 21.6. The molecule has 4 rings (SSSR count). The Kier molecular flexibility index (Phi) is 4.38. The quantitative estimate of drug-likeness (QED) is 0.764. The Bertz CT molecular complexity index is 642. The third kappa shape index (κ3) is 3.03. The monoisotopic (exact) mass is 379 g/mol. The Labute approximate surface area is 144 Å². The summed E-state index contributed by atoms with van der Waals surface area (Å²) in [5.41, 5.74) is 1.12. The lowest BCUT2D eigenvalue weighted by Gasteiger charge is -2.40. The van der Waals surface area contributed by atoms with Crippen LogP contribution in [0.4, 0.5) is 5.13 Å². The Hall–Kier alpha value is -0.650. The predicted molar refractivity (Wildman–Crippen MR) is 98.0 cm³/mol. The summed E-state index contributed by atoms with van der Waals surface area (Å²) in [7, 11) is 0. The van der Waals surface area contributed by atoms with Crippen LogP contribution in [0.3, 0.4) is 0 Å². The first-order valence-electron chi connectivity index (χ1n) is 8.35. The second-order valence-electron chi connectivity index (χ2n) is 6.42. The maximum absolute atomic E-state index is 4.82. The van der Waals surface area contributed by atoms with E-state index in [4.69, 9.17) is 4.98 Å². The van der Waals surface area contributed by atoms with E-state index in [1.54, 1.807) is 0 Å². The minimum atomic E-state index is 0.849. The zero-order chi connectivity index (χ0) is 14.9. The molecule has 22 heavy (non-hydrogen) atoms. The van der Waals surface area contributed by atoms with Crippen molar-refractivity contribution in [3.05, 3.63) is 22.7 Å². The molecule has 1 saturated carbocycles. The van der Waals surface area contributed by atoms with Crippen LogP contribution >= 0.6 is 27.3 Å². The molecule has 0 bridgehead atoms. The number of benzene rings is 1. The number of rotatable bonds is 2. The largest absolute Gasteiger partial charge is 0.345 e. The molecule has 0 radical (unpaired) electrons. The van der Waals surface area contributed by atoms with Gasteiger partial charge >= 0.3 is 0 Å². The third-order valence-corrected chi connectivity index (χ3v) is 6.59. The molecule has 0 atom stereocenters. The molecule has 2 heterocycles. The molecule has 0 N–H and O–H groups in total.